The lowest BCUT2D eigenvalue weighted by atomic mass is 10.0. The van der Waals surface area contributed by atoms with E-state index in [1.54, 1.807) is 29.2 Å². The first-order valence-electron chi connectivity index (χ1n) is 6.31. The van der Waals surface area contributed by atoms with Crippen molar-refractivity contribution >= 4 is 16.7 Å². The molecule has 2 aromatic rings. The van der Waals surface area contributed by atoms with Gasteiger partial charge in [-0.1, -0.05) is 24.3 Å². The molecule has 0 spiro atoms. The van der Waals surface area contributed by atoms with Crippen LogP contribution < -0.4 is 0 Å². The zero-order valence-electron chi connectivity index (χ0n) is 10.3. The molecule has 3 nitrogen and oxygen atoms in total. The van der Waals surface area contributed by atoms with E-state index < -0.39 is 6.10 Å². The summed E-state index contributed by atoms with van der Waals surface area (Å²) in [4.78, 5) is 14.0. The summed E-state index contributed by atoms with van der Waals surface area (Å²) >= 11 is 0. The van der Waals surface area contributed by atoms with Crippen molar-refractivity contribution in [2.75, 3.05) is 13.1 Å². The Balaban J connectivity index is 2.06. The molecule has 1 saturated heterocycles. The quantitative estimate of drug-likeness (QED) is 0.852. The molecule has 4 heteroatoms. The lowest BCUT2D eigenvalue weighted by molar-refractivity contribution is 0.0767. The maximum absolute atomic E-state index is 13.7. The zero-order valence-corrected chi connectivity index (χ0v) is 10.3. The van der Waals surface area contributed by atoms with E-state index in [0.29, 0.717) is 35.8 Å². The van der Waals surface area contributed by atoms with E-state index >= 15 is 0 Å². The van der Waals surface area contributed by atoms with Crippen LogP contribution in [-0.2, 0) is 0 Å². The largest absolute Gasteiger partial charge is 0.391 e. The van der Waals surface area contributed by atoms with Gasteiger partial charge in [-0.25, -0.2) is 4.39 Å². The van der Waals surface area contributed by atoms with Gasteiger partial charge in [-0.05, 0) is 23.9 Å². The van der Waals surface area contributed by atoms with E-state index in [1.165, 1.54) is 12.1 Å². The average Bonchev–Trinajstić information content (AvgIpc) is 2.86. The Morgan fingerprint density at radius 3 is 2.63 bits per heavy atom. The van der Waals surface area contributed by atoms with Gasteiger partial charge in [0.2, 0.25) is 0 Å². The zero-order chi connectivity index (χ0) is 13.4. The first kappa shape index (κ1) is 12.1. The van der Waals surface area contributed by atoms with E-state index in [0.717, 1.165) is 0 Å². The molecular weight excluding hydrogens is 245 g/mol. The van der Waals surface area contributed by atoms with Gasteiger partial charge in [0.1, 0.15) is 5.82 Å². The topological polar surface area (TPSA) is 40.5 Å². The molecule has 1 atom stereocenters. The summed E-state index contributed by atoms with van der Waals surface area (Å²) in [5, 5.41) is 10.6. The molecule has 1 N–H and O–H groups in total. The monoisotopic (exact) mass is 259 g/mol. The molecule has 1 amide bonds. The Labute approximate surface area is 110 Å². The number of carbonyl (C=O) groups excluding carboxylic acids is 1. The molecule has 1 aliphatic heterocycles. The van der Waals surface area contributed by atoms with E-state index in [4.69, 9.17) is 0 Å². The average molecular weight is 259 g/mol. The molecule has 1 heterocycles. The van der Waals surface area contributed by atoms with Gasteiger partial charge in [0.25, 0.3) is 5.91 Å². The summed E-state index contributed by atoms with van der Waals surface area (Å²) in [6.07, 6.45) is 0.154. The van der Waals surface area contributed by atoms with Gasteiger partial charge >= 0.3 is 0 Å². The van der Waals surface area contributed by atoms with Crippen molar-refractivity contribution in [3.05, 3.63) is 47.8 Å². The van der Waals surface area contributed by atoms with Crippen LogP contribution in [0.15, 0.2) is 36.4 Å². The Bertz CT molecular complexity index is 641. The molecule has 19 heavy (non-hydrogen) atoms. The second-order valence-corrected chi connectivity index (χ2v) is 4.83. The van der Waals surface area contributed by atoms with Crippen molar-refractivity contribution in [1.29, 1.82) is 0 Å². The Morgan fingerprint density at radius 1 is 1.21 bits per heavy atom. The van der Waals surface area contributed by atoms with Crippen LogP contribution in [0.1, 0.15) is 16.8 Å². The third-order valence-electron chi connectivity index (χ3n) is 3.55. The number of carbonyl (C=O) groups is 1. The number of β-amino-alcohol motifs (C(OH)–C–C–N with tert-alkyl or cyclic N) is 1. The predicted octanol–water partition coefficient (Wildman–Crippen LogP) is 2.19. The fourth-order valence-corrected chi connectivity index (χ4v) is 2.55. The number of rotatable bonds is 1. The van der Waals surface area contributed by atoms with Crippen LogP contribution in [0.25, 0.3) is 10.8 Å². The van der Waals surface area contributed by atoms with Crippen LogP contribution in [0.5, 0.6) is 0 Å². The van der Waals surface area contributed by atoms with E-state index in [1.807, 2.05) is 0 Å². The standard InChI is InChI=1S/C15H14FNO2/c16-14-6-5-13(11-3-1-2-4-12(11)14)15(19)17-8-7-10(18)9-17/h1-6,10,18H,7-9H2. The number of aliphatic hydroxyl groups is 1. The maximum atomic E-state index is 13.7. The van der Waals surface area contributed by atoms with Crippen LogP contribution in [-0.4, -0.2) is 35.1 Å². The Hall–Kier alpha value is -1.94. The van der Waals surface area contributed by atoms with Gasteiger partial charge in [0.15, 0.2) is 0 Å². The van der Waals surface area contributed by atoms with Crippen LogP contribution in [0.4, 0.5) is 4.39 Å². The number of halogens is 1. The van der Waals surface area contributed by atoms with Crippen LogP contribution in [0.2, 0.25) is 0 Å². The molecular formula is C15H14FNO2. The summed E-state index contributed by atoms with van der Waals surface area (Å²) in [6.45, 7) is 0.899. The minimum atomic E-state index is -0.448. The third-order valence-corrected chi connectivity index (χ3v) is 3.55. The number of nitrogens with zero attached hydrogens (tertiary/aromatic N) is 1. The van der Waals surface area contributed by atoms with Crippen molar-refractivity contribution in [3.8, 4) is 0 Å². The number of hydrogen-bond acceptors (Lipinski definition) is 2. The van der Waals surface area contributed by atoms with Crippen LogP contribution in [0.3, 0.4) is 0 Å². The van der Waals surface area contributed by atoms with E-state index in [9.17, 15) is 14.3 Å². The highest BCUT2D eigenvalue weighted by molar-refractivity contribution is 6.07. The van der Waals surface area contributed by atoms with Gasteiger partial charge in [-0.2, -0.15) is 0 Å². The normalized spacial score (nSPS) is 19.1. The maximum Gasteiger partial charge on any atom is 0.254 e. The number of hydrogen-bond donors (Lipinski definition) is 1. The molecule has 98 valence electrons. The van der Waals surface area contributed by atoms with Crippen molar-refractivity contribution in [2.45, 2.75) is 12.5 Å². The molecule has 1 fully saturated rings. The van der Waals surface area contributed by atoms with Gasteiger partial charge < -0.3 is 10.0 Å². The first-order chi connectivity index (χ1) is 9.16. The summed E-state index contributed by atoms with van der Waals surface area (Å²) in [7, 11) is 0. The fourth-order valence-electron chi connectivity index (χ4n) is 2.55. The molecule has 0 aliphatic carbocycles. The third kappa shape index (κ3) is 2.08. The summed E-state index contributed by atoms with van der Waals surface area (Å²) in [5.74, 6) is -0.471. The molecule has 3 rings (SSSR count). The van der Waals surface area contributed by atoms with Gasteiger partial charge in [-0.15, -0.1) is 0 Å². The highest BCUT2D eigenvalue weighted by Gasteiger charge is 2.26. The lowest BCUT2D eigenvalue weighted by Gasteiger charge is -2.17. The van der Waals surface area contributed by atoms with E-state index in [-0.39, 0.29) is 11.7 Å². The smallest absolute Gasteiger partial charge is 0.254 e. The van der Waals surface area contributed by atoms with Gasteiger partial charge in [-0.3, -0.25) is 4.79 Å². The highest BCUT2D eigenvalue weighted by Crippen LogP contribution is 2.24. The predicted molar refractivity (Wildman–Crippen MR) is 70.4 cm³/mol. The lowest BCUT2D eigenvalue weighted by Crippen LogP contribution is -2.29. The SMILES string of the molecule is O=C(c1ccc(F)c2ccccc12)N1CCC(O)C1. The van der Waals surface area contributed by atoms with Crippen molar-refractivity contribution in [2.24, 2.45) is 0 Å². The molecule has 0 aromatic heterocycles. The molecule has 1 unspecified atom stereocenters. The van der Waals surface area contributed by atoms with Crippen molar-refractivity contribution in [1.82, 2.24) is 4.90 Å². The van der Waals surface area contributed by atoms with Crippen LogP contribution in [0, 0.1) is 5.82 Å². The molecule has 0 radical (unpaired) electrons. The number of fused-ring (bicyclic) bond motifs is 1. The number of benzene rings is 2. The second kappa shape index (κ2) is 4.63. The van der Waals surface area contributed by atoms with Gasteiger partial charge in [0.05, 0.1) is 6.10 Å². The minimum Gasteiger partial charge on any atom is -0.391 e. The number of amides is 1. The second-order valence-electron chi connectivity index (χ2n) is 4.83. The molecule has 1 aliphatic rings. The minimum absolute atomic E-state index is 0.146. The van der Waals surface area contributed by atoms with Crippen molar-refractivity contribution < 1.29 is 14.3 Å². The molecule has 2 aromatic carbocycles. The molecule has 0 saturated carbocycles. The summed E-state index contributed by atoms with van der Waals surface area (Å²) < 4.78 is 13.7. The Morgan fingerprint density at radius 2 is 1.95 bits per heavy atom. The number of aliphatic hydroxyl groups excluding tert-OH is 1. The summed E-state index contributed by atoms with van der Waals surface area (Å²) in [5.41, 5.74) is 0.492. The molecule has 0 bridgehead atoms. The van der Waals surface area contributed by atoms with Crippen LogP contribution >= 0.6 is 0 Å². The van der Waals surface area contributed by atoms with E-state index in [2.05, 4.69) is 0 Å². The summed E-state index contributed by atoms with van der Waals surface area (Å²) in [6, 6.07) is 9.79. The number of likely N-dealkylation sites (tertiary alicyclic amines) is 1. The first-order valence-corrected chi connectivity index (χ1v) is 6.31. The van der Waals surface area contributed by atoms with Crippen molar-refractivity contribution in [3.63, 3.8) is 0 Å². The Kier molecular flexibility index (Phi) is 2.95. The highest BCUT2D eigenvalue weighted by atomic mass is 19.1. The fraction of sp³-hybridized carbons (Fsp3) is 0.267. The van der Waals surface area contributed by atoms with Gasteiger partial charge in [0, 0.05) is 24.0 Å².